The van der Waals surface area contributed by atoms with E-state index in [0.717, 1.165) is 5.56 Å². The molecule has 1 aromatic carbocycles. The zero-order valence-electron chi connectivity index (χ0n) is 14.3. The zero-order valence-corrected chi connectivity index (χ0v) is 15.2. The van der Waals surface area contributed by atoms with Crippen molar-refractivity contribution < 1.29 is 14.3 Å². The van der Waals surface area contributed by atoms with Gasteiger partial charge in [0.05, 0.1) is 5.51 Å². The average Bonchev–Trinajstić information content (AvgIpc) is 3.13. The summed E-state index contributed by atoms with van der Waals surface area (Å²) in [6, 6.07) is 7.58. The van der Waals surface area contributed by atoms with Crippen LogP contribution in [0.1, 0.15) is 23.0 Å². The first-order valence-electron chi connectivity index (χ1n) is 8.21. The minimum absolute atomic E-state index is 0.0101. The summed E-state index contributed by atoms with van der Waals surface area (Å²) in [7, 11) is 0. The van der Waals surface area contributed by atoms with Crippen molar-refractivity contribution in [3.63, 3.8) is 0 Å². The highest BCUT2D eigenvalue weighted by Crippen LogP contribution is 2.16. The van der Waals surface area contributed by atoms with Crippen LogP contribution in [0.15, 0.2) is 35.2 Å². The molecule has 3 rings (SSSR count). The molecule has 1 aliphatic rings. The predicted molar refractivity (Wildman–Crippen MR) is 95.9 cm³/mol. The second-order valence-electron chi connectivity index (χ2n) is 6.17. The number of rotatable bonds is 4. The second-order valence-corrected chi connectivity index (χ2v) is 6.88. The third-order valence-electron chi connectivity index (χ3n) is 4.24. The lowest BCUT2D eigenvalue weighted by Gasteiger charge is -2.39. The van der Waals surface area contributed by atoms with Crippen LogP contribution in [-0.2, 0) is 4.79 Å². The first kappa shape index (κ1) is 17.4. The lowest BCUT2D eigenvalue weighted by molar-refractivity contribution is -0.135. The molecule has 1 saturated heterocycles. The number of thiazole rings is 1. The number of aryl methyl sites for hydroxylation is 1. The van der Waals surface area contributed by atoms with E-state index in [1.807, 2.05) is 38.1 Å². The number of aromatic nitrogens is 1. The fourth-order valence-electron chi connectivity index (χ4n) is 2.89. The van der Waals surface area contributed by atoms with Gasteiger partial charge in [-0.05, 0) is 31.5 Å². The molecule has 0 saturated carbocycles. The molecule has 25 heavy (non-hydrogen) atoms. The molecule has 1 atom stereocenters. The average molecular weight is 359 g/mol. The lowest BCUT2D eigenvalue weighted by atomic mass is 10.1. The van der Waals surface area contributed by atoms with Gasteiger partial charge in [-0.15, -0.1) is 11.3 Å². The van der Waals surface area contributed by atoms with Crippen LogP contribution in [0.25, 0.3) is 0 Å². The maximum atomic E-state index is 12.4. The number of amides is 2. The quantitative estimate of drug-likeness (QED) is 0.840. The summed E-state index contributed by atoms with van der Waals surface area (Å²) in [5.74, 6) is 0.560. The standard InChI is InChI=1S/C18H21N3O3S/c1-13-4-3-5-15(8-13)24-10-17(22)20-6-7-21(14(2)9-20)18(23)16-11-25-12-19-16/h3-5,8,11-12,14H,6-7,9-10H2,1-2H3/t14-/m0/s1. The maximum Gasteiger partial charge on any atom is 0.273 e. The van der Waals surface area contributed by atoms with E-state index >= 15 is 0 Å². The van der Waals surface area contributed by atoms with E-state index in [9.17, 15) is 9.59 Å². The van der Waals surface area contributed by atoms with E-state index < -0.39 is 0 Å². The smallest absolute Gasteiger partial charge is 0.273 e. The van der Waals surface area contributed by atoms with Crippen molar-refractivity contribution in [3.8, 4) is 5.75 Å². The molecule has 1 aliphatic heterocycles. The Morgan fingerprint density at radius 2 is 2.20 bits per heavy atom. The molecule has 0 radical (unpaired) electrons. The Morgan fingerprint density at radius 1 is 1.36 bits per heavy atom. The molecule has 0 N–H and O–H groups in total. The Bertz CT molecular complexity index is 748. The van der Waals surface area contributed by atoms with Gasteiger partial charge in [0.2, 0.25) is 0 Å². The van der Waals surface area contributed by atoms with Crippen LogP contribution in [0.5, 0.6) is 5.75 Å². The summed E-state index contributed by atoms with van der Waals surface area (Å²) in [6.45, 7) is 5.46. The molecule has 1 aromatic heterocycles. The van der Waals surface area contributed by atoms with Crippen molar-refractivity contribution >= 4 is 23.2 Å². The lowest BCUT2D eigenvalue weighted by Crippen LogP contribution is -2.56. The van der Waals surface area contributed by atoms with Gasteiger partial charge in [-0.3, -0.25) is 9.59 Å². The third-order valence-corrected chi connectivity index (χ3v) is 4.83. The monoisotopic (exact) mass is 359 g/mol. The van der Waals surface area contributed by atoms with E-state index in [1.54, 1.807) is 20.7 Å². The van der Waals surface area contributed by atoms with Gasteiger partial charge < -0.3 is 14.5 Å². The van der Waals surface area contributed by atoms with Crippen LogP contribution < -0.4 is 4.74 Å². The Hall–Kier alpha value is -2.41. The molecule has 0 unspecified atom stereocenters. The van der Waals surface area contributed by atoms with Gasteiger partial charge in [-0.2, -0.15) is 0 Å². The highest BCUT2D eigenvalue weighted by molar-refractivity contribution is 7.07. The van der Waals surface area contributed by atoms with Crippen molar-refractivity contribution in [2.75, 3.05) is 26.2 Å². The molecule has 0 spiro atoms. The van der Waals surface area contributed by atoms with Gasteiger partial charge in [0.15, 0.2) is 6.61 Å². The van der Waals surface area contributed by atoms with E-state index in [2.05, 4.69) is 4.98 Å². The van der Waals surface area contributed by atoms with Crippen LogP contribution >= 0.6 is 11.3 Å². The summed E-state index contributed by atoms with van der Waals surface area (Å²) < 4.78 is 5.59. The number of benzene rings is 1. The van der Waals surface area contributed by atoms with Gasteiger partial charge in [0.1, 0.15) is 11.4 Å². The van der Waals surface area contributed by atoms with Gasteiger partial charge in [0.25, 0.3) is 11.8 Å². The highest BCUT2D eigenvalue weighted by Gasteiger charge is 2.31. The molecule has 6 nitrogen and oxygen atoms in total. The normalized spacial score (nSPS) is 17.4. The largest absolute Gasteiger partial charge is 0.484 e. The minimum atomic E-state index is -0.0724. The number of piperazine rings is 1. The van der Waals surface area contributed by atoms with E-state index in [-0.39, 0.29) is 24.5 Å². The Balaban J connectivity index is 1.53. The van der Waals surface area contributed by atoms with Crippen molar-refractivity contribution in [1.29, 1.82) is 0 Å². The van der Waals surface area contributed by atoms with Crippen LogP contribution in [0.3, 0.4) is 0 Å². The number of hydrogen-bond acceptors (Lipinski definition) is 5. The van der Waals surface area contributed by atoms with Crippen molar-refractivity contribution in [2.24, 2.45) is 0 Å². The molecule has 0 aliphatic carbocycles. The topological polar surface area (TPSA) is 62.7 Å². The molecular formula is C18H21N3O3S. The van der Waals surface area contributed by atoms with Crippen LogP contribution in [-0.4, -0.2) is 58.9 Å². The summed E-state index contributed by atoms with van der Waals surface area (Å²) in [4.78, 5) is 32.4. The van der Waals surface area contributed by atoms with E-state index in [1.165, 1.54) is 11.3 Å². The van der Waals surface area contributed by atoms with Crippen LogP contribution in [0.2, 0.25) is 0 Å². The van der Waals surface area contributed by atoms with Crippen molar-refractivity contribution in [1.82, 2.24) is 14.8 Å². The number of carbonyl (C=O) groups is 2. The zero-order chi connectivity index (χ0) is 17.8. The Morgan fingerprint density at radius 3 is 2.88 bits per heavy atom. The summed E-state index contributed by atoms with van der Waals surface area (Å²) in [5, 5.41) is 1.75. The Kier molecular flexibility index (Phi) is 5.33. The summed E-state index contributed by atoms with van der Waals surface area (Å²) in [5.41, 5.74) is 3.22. The molecule has 7 heteroatoms. The summed E-state index contributed by atoms with van der Waals surface area (Å²) in [6.07, 6.45) is 0. The van der Waals surface area contributed by atoms with Crippen molar-refractivity contribution in [2.45, 2.75) is 19.9 Å². The maximum absolute atomic E-state index is 12.4. The predicted octanol–water partition coefficient (Wildman–Crippen LogP) is 2.20. The van der Waals surface area contributed by atoms with Gasteiger partial charge in [-0.1, -0.05) is 12.1 Å². The molecule has 1 fully saturated rings. The SMILES string of the molecule is Cc1cccc(OCC(=O)N2CCN(C(=O)c3cscn3)[C@@H](C)C2)c1. The van der Waals surface area contributed by atoms with Crippen LogP contribution in [0, 0.1) is 6.92 Å². The van der Waals surface area contributed by atoms with Crippen LogP contribution in [0.4, 0.5) is 0 Å². The number of nitrogens with zero attached hydrogens (tertiary/aromatic N) is 3. The first-order chi connectivity index (χ1) is 12.0. The fraction of sp³-hybridized carbons (Fsp3) is 0.389. The molecule has 2 heterocycles. The van der Waals surface area contributed by atoms with Gasteiger partial charge >= 0.3 is 0 Å². The fourth-order valence-corrected chi connectivity index (χ4v) is 3.42. The Labute approximate surface area is 151 Å². The highest BCUT2D eigenvalue weighted by atomic mass is 32.1. The molecule has 0 bridgehead atoms. The minimum Gasteiger partial charge on any atom is -0.484 e. The third kappa shape index (κ3) is 4.17. The molecular weight excluding hydrogens is 338 g/mol. The number of hydrogen-bond donors (Lipinski definition) is 0. The van der Waals surface area contributed by atoms with E-state index in [0.29, 0.717) is 31.1 Å². The van der Waals surface area contributed by atoms with Crippen molar-refractivity contribution in [3.05, 3.63) is 46.4 Å². The van der Waals surface area contributed by atoms with Gasteiger partial charge in [-0.25, -0.2) is 4.98 Å². The molecule has 2 aromatic rings. The molecule has 132 valence electrons. The number of ether oxygens (including phenoxy) is 1. The number of carbonyl (C=O) groups excluding carboxylic acids is 2. The van der Waals surface area contributed by atoms with E-state index in [4.69, 9.17) is 4.74 Å². The first-order valence-corrected chi connectivity index (χ1v) is 9.15. The second kappa shape index (κ2) is 7.65. The summed E-state index contributed by atoms with van der Waals surface area (Å²) >= 11 is 1.40. The van der Waals surface area contributed by atoms with Gasteiger partial charge in [0, 0.05) is 31.1 Å². The molecule has 2 amide bonds.